The number of likely N-dealkylation sites (tertiary alicyclic amines) is 1. The Morgan fingerprint density at radius 2 is 1.93 bits per heavy atom. The first kappa shape index (κ1) is 22.2. The van der Waals surface area contributed by atoms with E-state index in [-0.39, 0.29) is 18.9 Å². The lowest BCUT2D eigenvalue weighted by Gasteiger charge is -2.27. The van der Waals surface area contributed by atoms with Crippen molar-refractivity contribution < 1.29 is 19.4 Å². The summed E-state index contributed by atoms with van der Waals surface area (Å²) >= 11 is 1.66. The number of thiazole rings is 1. The lowest BCUT2D eigenvalue weighted by atomic mass is 10.1. The van der Waals surface area contributed by atoms with Crippen LogP contribution in [0.4, 0.5) is 4.79 Å². The van der Waals surface area contributed by atoms with Crippen molar-refractivity contribution in [3.05, 3.63) is 40.5 Å². The van der Waals surface area contributed by atoms with E-state index in [4.69, 9.17) is 4.74 Å². The van der Waals surface area contributed by atoms with Crippen LogP contribution in [0.1, 0.15) is 43.5 Å². The molecule has 30 heavy (non-hydrogen) atoms. The van der Waals surface area contributed by atoms with E-state index < -0.39 is 23.8 Å². The Kier molecular flexibility index (Phi) is 6.47. The van der Waals surface area contributed by atoms with Gasteiger partial charge < -0.3 is 15.2 Å². The third-order valence-corrected chi connectivity index (χ3v) is 5.92. The first-order chi connectivity index (χ1) is 14.0. The number of benzene rings is 1. The maximum atomic E-state index is 12.7. The van der Waals surface area contributed by atoms with Crippen LogP contribution in [0.2, 0.25) is 0 Å². The second-order valence-corrected chi connectivity index (χ2v) is 9.80. The number of hydrogen-bond acceptors (Lipinski definition) is 6. The van der Waals surface area contributed by atoms with E-state index in [0.717, 1.165) is 26.7 Å². The standard InChI is InChI=1S/C22H29N3O4S/c1-13-19(30-14(2)24-13)16-8-6-15(7-9-16)11-23-20(27)18-10-17(26)12-25(18)21(28)29-22(3,4)5/h6-9,17-18,26H,10-12H2,1-5H3,(H,23,27)/t17-,18+/m1/s1. The lowest BCUT2D eigenvalue weighted by molar-refractivity contribution is -0.125. The van der Waals surface area contributed by atoms with Crippen LogP contribution < -0.4 is 5.32 Å². The van der Waals surface area contributed by atoms with Crippen LogP contribution in [-0.2, 0) is 16.1 Å². The number of β-amino-alcohol motifs (C(OH)–C–C–N with tert-alkyl or cyclic N) is 1. The summed E-state index contributed by atoms with van der Waals surface area (Å²) in [4.78, 5) is 32.0. The molecule has 0 saturated carbocycles. The van der Waals surface area contributed by atoms with E-state index in [1.54, 1.807) is 32.1 Å². The van der Waals surface area contributed by atoms with Crippen LogP contribution in [0.25, 0.3) is 10.4 Å². The largest absolute Gasteiger partial charge is 0.444 e. The van der Waals surface area contributed by atoms with E-state index in [1.165, 1.54) is 4.90 Å². The molecule has 8 heteroatoms. The molecule has 1 aliphatic rings. The number of rotatable bonds is 4. The van der Waals surface area contributed by atoms with Gasteiger partial charge in [0.05, 0.1) is 28.2 Å². The number of aliphatic hydroxyl groups is 1. The summed E-state index contributed by atoms with van der Waals surface area (Å²) in [6.45, 7) is 9.73. The fourth-order valence-corrected chi connectivity index (χ4v) is 4.39. The predicted molar refractivity (Wildman–Crippen MR) is 116 cm³/mol. The molecule has 2 atom stereocenters. The molecule has 2 heterocycles. The van der Waals surface area contributed by atoms with Gasteiger partial charge in [-0.1, -0.05) is 24.3 Å². The Morgan fingerprint density at radius 1 is 1.27 bits per heavy atom. The highest BCUT2D eigenvalue weighted by molar-refractivity contribution is 7.15. The molecule has 1 saturated heterocycles. The van der Waals surface area contributed by atoms with E-state index in [2.05, 4.69) is 10.3 Å². The Balaban J connectivity index is 1.61. The molecule has 2 aromatic rings. The van der Waals surface area contributed by atoms with Crippen molar-refractivity contribution in [2.75, 3.05) is 6.54 Å². The van der Waals surface area contributed by atoms with Gasteiger partial charge in [0.2, 0.25) is 5.91 Å². The van der Waals surface area contributed by atoms with Gasteiger partial charge in [-0.05, 0) is 45.7 Å². The average Bonchev–Trinajstić information content (AvgIpc) is 3.20. The van der Waals surface area contributed by atoms with Crippen LogP contribution in [0.5, 0.6) is 0 Å². The Morgan fingerprint density at radius 3 is 2.50 bits per heavy atom. The number of amides is 2. The van der Waals surface area contributed by atoms with E-state index in [9.17, 15) is 14.7 Å². The second kappa shape index (κ2) is 8.73. The minimum atomic E-state index is -0.739. The summed E-state index contributed by atoms with van der Waals surface area (Å²) in [5.41, 5.74) is 2.40. The third-order valence-electron chi connectivity index (χ3n) is 4.80. The summed E-state index contributed by atoms with van der Waals surface area (Å²) in [5, 5.41) is 13.9. The molecule has 0 spiro atoms. The minimum Gasteiger partial charge on any atom is -0.444 e. The fraction of sp³-hybridized carbons (Fsp3) is 0.500. The highest BCUT2D eigenvalue weighted by atomic mass is 32.1. The molecule has 1 aromatic carbocycles. The average molecular weight is 432 g/mol. The molecular weight excluding hydrogens is 402 g/mol. The number of hydrogen-bond donors (Lipinski definition) is 2. The Labute approximate surface area is 181 Å². The van der Waals surface area contributed by atoms with Gasteiger partial charge in [-0.25, -0.2) is 9.78 Å². The van der Waals surface area contributed by atoms with Gasteiger partial charge >= 0.3 is 6.09 Å². The van der Waals surface area contributed by atoms with Gasteiger partial charge in [-0.15, -0.1) is 11.3 Å². The van der Waals surface area contributed by atoms with Gasteiger partial charge in [-0.2, -0.15) is 0 Å². The molecule has 1 aliphatic heterocycles. The van der Waals surface area contributed by atoms with E-state index >= 15 is 0 Å². The first-order valence-corrected chi connectivity index (χ1v) is 10.8. The number of aliphatic hydroxyl groups excluding tert-OH is 1. The Bertz CT molecular complexity index is 917. The van der Waals surface area contributed by atoms with Gasteiger partial charge in [0, 0.05) is 13.0 Å². The Hall–Kier alpha value is -2.45. The summed E-state index contributed by atoms with van der Waals surface area (Å²) < 4.78 is 5.37. The molecule has 2 amide bonds. The summed E-state index contributed by atoms with van der Waals surface area (Å²) in [5.74, 6) is -0.296. The zero-order chi connectivity index (χ0) is 22.1. The molecule has 162 valence electrons. The van der Waals surface area contributed by atoms with E-state index in [1.807, 2.05) is 38.1 Å². The highest BCUT2D eigenvalue weighted by Crippen LogP contribution is 2.29. The van der Waals surface area contributed by atoms with Gasteiger partial charge in [-0.3, -0.25) is 9.69 Å². The van der Waals surface area contributed by atoms with Gasteiger partial charge in [0.1, 0.15) is 11.6 Å². The molecule has 1 aromatic heterocycles. The normalized spacial score (nSPS) is 19.1. The lowest BCUT2D eigenvalue weighted by Crippen LogP contribution is -2.47. The predicted octanol–water partition coefficient (Wildman–Crippen LogP) is 3.41. The monoisotopic (exact) mass is 431 g/mol. The van der Waals surface area contributed by atoms with Crippen LogP contribution in [0.3, 0.4) is 0 Å². The molecule has 3 rings (SSSR count). The third kappa shape index (κ3) is 5.37. The van der Waals surface area contributed by atoms with Crippen LogP contribution in [-0.4, -0.2) is 51.3 Å². The number of ether oxygens (including phenoxy) is 1. The number of nitrogens with zero attached hydrogens (tertiary/aromatic N) is 2. The summed E-state index contributed by atoms with van der Waals surface area (Å²) in [6.07, 6.45) is -1.12. The molecule has 2 N–H and O–H groups in total. The first-order valence-electron chi connectivity index (χ1n) is 10.0. The zero-order valence-corrected chi connectivity index (χ0v) is 18.9. The van der Waals surface area contributed by atoms with Crippen LogP contribution in [0.15, 0.2) is 24.3 Å². The molecule has 0 aliphatic carbocycles. The maximum Gasteiger partial charge on any atom is 0.411 e. The van der Waals surface area contributed by atoms with Crippen molar-refractivity contribution in [1.82, 2.24) is 15.2 Å². The topological polar surface area (TPSA) is 91.8 Å². The molecule has 0 radical (unpaired) electrons. The van der Waals surface area contributed by atoms with Gasteiger partial charge in [0.25, 0.3) is 0 Å². The molecule has 1 fully saturated rings. The minimum absolute atomic E-state index is 0.0926. The van der Waals surface area contributed by atoms with Crippen LogP contribution >= 0.6 is 11.3 Å². The summed E-state index contributed by atoms with van der Waals surface area (Å²) in [7, 11) is 0. The quantitative estimate of drug-likeness (QED) is 0.774. The number of aromatic nitrogens is 1. The summed E-state index contributed by atoms with van der Waals surface area (Å²) in [6, 6.07) is 7.25. The van der Waals surface area contributed by atoms with Gasteiger partial charge in [0.15, 0.2) is 0 Å². The fourth-order valence-electron chi connectivity index (χ4n) is 3.46. The zero-order valence-electron chi connectivity index (χ0n) is 18.1. The van der Waals surface area contributed by atoms with Crippen molar-refractivity contribution in [2.45, 2.75) is 65.3 Å². The van der Waals surface area contributed by atoms with E-state index in [0.29, 0.717) is 6.54 Å². The number of carbonyl (C=O) groups is 2. The van der Waals surface area contributed by atoms with Crippen LogP contribution in [0, 0.1) is 13.8 Å². The van der Waals surface area contributed by atoms with Crippen molar-refractivity contribution in [3.63, 3.8) is 0 Å². The maximum absolute atomic E-state index is 12.7. The van der Waals surface area contributed by atoms with Crippen molar-refractivity contribution in [2.24, 2.45) is 0 Å². The molecule has 0 unspecified atom stereocenters. The van der Waals surface area contributed by atoms with Crippen molar-refractivity contribution in [3.8, 4) is 10.4 Å². The number of aryl methyl sites for hydroxylation is 2. The SMILES string of the molecule is Cc1nc(C)c(-c2ccc(CNC(=O)[C@@H]3C[C@@H](O)CN3C(=O)OC(C)(C)C)cc2)s1. The molecule has 0 bridgehead atoms. The van der Waals surface area contributed by atoms with Crippen molar-refractivity contribution in [1.29, 1.82) is 0 Å². The smallest absolute Gasteiger partial charge is 0.411 e. The molecule has 7 nitrogen and oxygen atoms in total. The second-order valence-electron chi connectivity index (χ2n) is 8.60. The number of carbonyl (C=O) groups excluding carboxylic acids is 2. The number of nitrogens with one attached hydrogen (secondary N) is 1. The highest BCUT2D eigenvalue weighted by Gasteiger charge is 2.40. The van der Waals surface area contributed by atoms with Crippen molar-refractivity contribution >= 4 is 23.3 Å². The molecular formula is C22H29N3O4S.